The molecule has 34 heavy (non-hydrogen) atoms. The summed E-state index contributed by atoms with van der Waals surface area (Å²) in [6.45, 7) is 2.71. The third-order valence-corrected chi connectivity index (χ3v) is 7.74. The molecule has 3 aromatic rings. The molecule has 1 aliphatic carbocycles. The van der Waals surface area contributed by atoms with Gasteiger partial charge in [-0.2, -0.15) is 0 Å². The lowest BCUT2D eigenvalue weighted by Gasteiger charge is -2.37. The van der Waals surface area contributed by atoms with E-state index in [0.717, 1.165) is 55.8 Å². The third kappa shape index (κ3) is 4.37. The Bertz CT molecular complexity index is 1190. The van der Waals surface area contributed by atoms with Gasteiger partial charge in [0.1, 0.15) is 10.8 Å². The molecule has 8 heteroatoms. The van der Waals surface area contributed by atoms with Crippen LogP contribution in [0.5, 0.6) is 5.75 Å². The second kappa shape index (κ2) is 9.85. The zero-order valence-electron chi connectivity index (χ0n) is 19.3. The van der Waals surface area contributed by atoms with Crippen molar-refractivity contribution < 1.29 is 14.3 Å². The molecule has 1 fully saturated rings. The molecular formula is C26H28N4O3S. The molecule has 0 bridgehead atoms. The number of carbonyl (C=O) groups is 2. The second-order valence-electron chi connectivity index (χ2n) is 8.56. The van der Waals surface area contributed by atoms with Gasteiger partial charge in [0.15, 0.2) is 0 Å². The topological polar surface area (TPSA) is 74.8 Å². The molecule has 0 saturated carbocycles. The first-order valence-corrected chi connectivity index (χ1v) is 12.5. The number of aromatic nitrogens is 1. The minimum absolute atomic E-state index is 0.0144. The Morgan fingerprint density at radius 3 is 2.59 bits per heavy atom. The smallest absolute Gasteiger partial charge is 0.257 e. The summed E-state index contributed by atoms with van der Waals surface area (Å²) in [5, 5.41) is 3.68. The fraction of sp³-hybridized carbons (Fsp3) is 0.346. The van der Waals surface area contributed by atoms with Gasteiger partial charge in [-0.25, -0.2) is 0 Å². The Morgan fingerprint density at radius 1 is 1.03 bits per heavy atom. The fourth-order valence-corrected chi connectivity index (χ4v) is 6.03. The number of anilines is 2. The molecule has 0 atom stereocenters. The fourth-order valence-electron chi connectivity index (χ4n) is 4.75. The van der Waals surface area contributed by atoms with Gasteiger partial charge in [-0.1, -0.05) is 12.1 Å². The summed E-state index contributed by atoms with van der Waals surface area (Å²) in [6, 6.07) is 11.4. The number of hydrogen-bond donors (Lipinski definition) is 1. The number of amides is 2. The lowest BCUT2D eigenvalue weighted by molar-refractivity contribution is 0.0747. The Balaban J connectivity index is 1.36. The minimum Gasteiger partial charge on any atom is -0.495 e. The molecule has 7 nitrogen and oxygen atoms in total. The van der Waals surface area contributed by atoms with Gasteiger partial charge in [0.05, 0.1) is 23.9 Å². The van der Waals surface area contributed by atoms with Crippen LogP contribution in [0.2, 0.25) is 0 Å². The molecule has 2 aromatic heterocycles. The van der Waals surface area contributed by atoms with Crippen LogP contribution >= 0.6 is 11.3 Å². The molecule has 2 amide bonds. The van der Waals surface area contributed by atoms with Crippen molar-refractivity contribution in [2.75, 3.05) is 43.5 Å². The SMILES string of the molecule is COc1ccccc1N1CCN(C(=O)c2c(NC(=O)c3cccnc3)sc3c2CCCC3)CC1. The van der Waals surface area contributed by atoms with Crippen molar-refractivity contribution in [3.8, 4) is 5.75 Å². The second-order valence-corrected chi connectivity index (χ2v) is 9.67. The molecule has 2 aliphatic rings. The quantitative estimate of drug-likeness (QED) is 0.596. The van der Waals surface area contributed by atoms with Crippen molar-refractivity contribution in [2.45, 2.75) is 25.7 Å². The van der Waals surface area contributed by atoms with E-state index in [1.165, 1.54) is 4.88 Å². The zero-order valence-corrected chi connectivity index (χ0v) is 20.1. The van der Waals surface area contributed by atoms with Gasteiger partial charge in [0.25, 0.3) is 11.8 Å². The van der Waals surface area contributed by atoms with Crippen LogP contribution < -0.4 is 15.0 Å². The van der Waals surface area contributed by atoms with E-state index >= 15 is 0 Å². The number of piperazine rings is 1. The maximum atomic E-state index is 13.8. The third-order valence-electron chi connectivity index (χ3n) is 6.53. The monoisotopic (exact) mass is 476 g/mol. The first-order chi connectivity index (χ1) is 16.7. The van der Waals surface area contributed by atoms with E-state index in [1.54, 1.807) is 43.0 Å². The Hall–Kier alpha value is -3.39. The van der Waals surface area contributed by atoms with Crippen LogP contribution in [0, 0.1) is 0 Å². The van der Waals surface area contributed by atoms with E-state index in [0.29, 0.717) is 29.2 Å². The van der Waals surface area contributed by atoms with E-state index < -0.39 is 0 Å². The summed E-state index contributed by atoms with van der Waals surface area (Å²) in [4.78, 5) is 36.1. The summed E-state index contributed by atoms with van der Waals surface area (Å²) in [7, 11) is 1.68. The standard InChI is InChI=1S/C26H28N4O3S/c1-33-21-10-4-3-9-20(21)29-13-15-30(16-14-29)26(32)23-19-8-2-5-11-22(19)34-25(23)28-24(31)18-7-6-12-27-17-18/h3-4,6-7,9-10,12,17H,2,5,8,11,13-16H2,1H3,(H,28,31). The number of carbonyl (C=O) groups excluding carboxylic acids is 2. The van der Waals surface area contributed by atoms with Crippen molar-refractivity contribution in [1.82, 2.24) is 9.88 Å². The summed E-state index contributed by atoms with van der Waals surface area (Å²) in [5.41, 5.74) is 3.34. The number of aryl methyl sites for hydroxylation is 1. The maximum Gasteiger partial charge on any atom is 0.257 e. The van der Waals surface area contributed by atoms with Crippen LogP contribution in [0.15, 0.2) is 48.8 Å². The highest BCUT2D eigenvalue weighted by atomic mass is 32.1. The molecule has 5 rings (SSSR count). The van der Waals surface area contributed by atoms with Crippen molar-refractivity contribution in [3.05, 3.63) is 70.4 Å². The number of fused-ring (bicyclic) bond motifs is 1. The number of para-hydroxylation sites is 2. The molecule has 1 aromatic carbocycles. The summed E-state index contributed by atoms with van der Waals surface area (Å²) in [5.74, 6) is 0.622. The zero-order chi connectivity index (χ0) is 23.5. The Morgan fingerprint density at radius 2 is 1.82 bits per heavy atom. The summed E-state index contributed by atoms with van der Waals surface area (Å²) in [6.07, 6.45) is 7.22. The van der Waals surface area contributed by atoms with Crippen LogP contribution in [0.25, 0.3) is 0 Å². The number of rotatable bonds is 5. The number of methoxy groups -OCH3 is 1. The van der Waals surface area contributed by atoms with E-state index in [1.807, 2.05) is 23.1 Å². The molecule has 0 spiro atoms. The molecule has 1 N–H and O–H groups in total. The molecule has 176 valence electrons. The van der Waals surface area contributed by atoms with E-state index in [-0.39, 0.29) is 11.8 Å². The highest BCUT2D eigenvalue weighted by molar-refractivity contribution is 7.17. The average Bonchev–Trinajstić information content (AvgIpc) is 3.26. The first kappa shape index (κ1) is 22.4. The van der Waals surface area contributed by atoms with Gasteiger partial charge in [-0.15, -0.1) is 11.3 Å². The lowest BCUT2D eigenvalue weighted by Crippen LogP contribution is -2.49. The van der Waals surface area contributed by atoms with E-state index in [2.05, 4.69) is 21.3 Å². The van der Waals surface area contributed by atoms with Crippen LogP contribution in [0.4, 0.5) is 10.7 Å². The number of benzene rings is 1. The van der Waals surface area contributed by atoms with E-state index in [9.17, 15) is 9.59 Å². The normalized spacial score (nSPS) is 15.6. The number of nitrogens with zero attached hydrogens (tertiary/aromatic N) is 3. The van der Waals surface area contributed by atoms with Gasteiger partial charge in [-0.05, 0) is 55.5 Å². The van der Waals surface area contributed by atoms with Crippen LogP contribution in [-0.4, -0.2) is 55.0 Å². The Kier molecular flexibility index (Phi) is 6.49. The highest BCUT2D eigenvalue weighted by Crippen LogP contribution is 2.39. The predicted octanol–water partition coefficient (Wildman–Crippen LogP) is 4.25. The summed E-state index contributed by atoms with van der Waals surface area (Å²) >= 11 is 1.55. The average molecular weight is 477 g/mol. The number of ether oxygens (including phenoxy) is 1. The summed E-state index contributed by atoms with van der Waals surface area (Å²) < 4.78 is 5.52. The van der Waals surface area contributed by atoms with Gasteiger partial charge >= 0.3 is 0 Å². The number of thiophene rings is 1. The highest BCUT2D eigenvalue weighted by Gasteiger charge is 2.31. The van der Waals surface area contributed by atoms with Crippen molar-refractivity contribution in [2.24, 2.45) is 0 Å². The lowest BCUT2D eigenvalue weighted by atomic mass is 9.95. The van der Waals surface area contributed by atoms with E-state index in [4.69, 9.17) is 4.74 Å². The molecule has 0 unspecified atom stereocenters. The number of nitrogens with one attached hydrogen (secondary N) is 1. The van der Waals surface area contributed by atoms with Crippen molar-refractivity contribution in [3.63, 3.8) is 0 Å². The van der Waals surface area contributed by atoms with Gasteiger partial charge in [0, 0.05) is 43.4 Å². The van der Waals surface area contributed by atoms with Crippen LogP contribution in [-0.2, 0) is 12.8 Å². The van der Waals surface area contributed by atoms with Gasteiger partial charge in [0.2, 0.25) is 0 Å². The molecular weight excluding hydrogens is 448 g/mol. The van der Waals surface area contributed by atoms with Gasteiger partial charge in [-0.3, -0.25) is 14.6 Å². The predicted molar refractivity (Wildman–Crippen MR) is 134 cm³/mol. The molecule has 0 radical (unpaired) electrons. The van der Waals surface area contributed by atoms with Crippen LogP contribution in [0.1, 0.15) is 44.0 Å². The molecule has 1 saturated heterocycles. The van der Waals surface area contributed by atoms with Crippen molar-refractivity contribution in [1.29, 1.82) is 0 Å². The maximum absolute atomic E-state index is 13.8. The molecule has 1 aliphatic heterocycles. The van der Waals surface area contributed by atoms with Crippen LogP contribution in [0.3, 0.4) is 0 Å². The molecule has 3 heterocycles. The first-order valence-electron chi connectivity index (χ1n) is 11.7. The minimum atomic E-state index is -0.235. The number of hydrogen-bond acceptors (Lipinski definition) is 6. The van der Waals surface area contributed by atoms with Crippen molar-refractivity contribution >= 4 is 33.8 Å². The largest absolute Gasteiger partial charge is 0.495 e. The Labute approximate surface area is 203 Å². The number of pyridine rings is 1. The van der Waals surface area contributed by atoms with Gasteiger partial charge < -0.3 is 19.9 Å².